The Morgan fingerprint density at radius 1 is 1.04 bits per heavy atom. The van der Waals surface area contributed by atoms with E-state index in [1.807, 2.05) is 6.20 Å². The molecule has 4 aromatic rings. The van der Waals surface area contributed by atoms with Gasteiger partial charge in [0.05, 0.1) is 4.70 Å². The van der Waals surface area contributed by atoms with E-state index < -0.39 is 0 Å². The van der Waals surface area contributed by atoms with Gasteiger partial charge in [-0.1, -0.05) is 50.3 Å². The fraction of sp³-hybridized carbons (Fsp3) is 0.167. The van der Waals surface area contributed by atoms with Crippen LogP contribution in [-0.2, 0) is 5.41 Å². The molecule has 2 aromatic carbocycles. The van der Waals surface area contributed by atoms with Gasteiger partial charge in [0.15, 0.2) is 5.52 Å². The second kappa shape index (κ2) is 6.28. The van der Waals surface area contributed by atoms with Crippen LogP contribution in [-0.4, -0.2) is 12.0 Å². The Labute approximate surface area is 168 Å². The molecule has 0 amide bonds. The molecule has 0 unspecified atom stereocenters. The van der Waals surface area contributed by atoms with Crippen molar-refractivity contribution in [1.82, 2.24) is 4.98 Å². The molecule has 0 radical (unpaired) electrons. The van der Waals surface area contributed by atoms with Crippen molar-refractivity contribution in [2.45, 2.75) is 19.3 Å². The number of hydrogen-bond acceptors (Lipinski definition) is 3. The highest BCUT2D eigenvalue weighted by atomic mass is 32.1. The number of anilines is 1. The molecule has 0 saturated carbocycles. The number of hydrogen-bond donors (Lipinski definition) is 0. The molecule has 1 aliphatic rings. The average molecular weight is 385 g/mol. The number of para-hydroxylation sites is 2. The maximum Gasteiger partial charge on any atom is 0.388 e. The number of rotatable bonds is 2. The molecule has 0 atom stereocenters. The summed E-state index contributed by atoms with van der Waals surface area (Å²) >= 11 is 1.72. The molecule has 28 heavy (non-hydrogen) atoms. The lowest BCUT2D eigenvalue weighted by Crippen LogP contribution is -2.24. The number of allylic oxidation sites excluding steroid dienone is 3. The van der Waals surface area contributed by atoms with Crippen LogP contribution in [0.3, 0.4) is 0 Å². The molecule has 5 rings (SSSR count). The molecule has 4 heteroatoms. The molecule has 0 spiro atoms. The Kier molecular flexibility index (Phi) is 3.84. The Morgan fingerprint density at radius 2 is 1.82 bits per heavy atom. The van der Waals surface area contributed by atoms with Gasteiger partial charge in [0.25, 0.3) is 0 Å². The van der Waals surface area contributed by atoms with Crippen molar-refractivity contribution in [3.05, 3.63) is 89.9 Å². The van der Waals surface area contributed by atoms with Crippen LogP contribution in [0, 0.1) is 0 Å². The summed E-state index contributed by atoms with van der Waals surface area (Å²) < 4.78 is 3.48. The second-order valence-electron chi connectivity index (χ2n) is 7.67. The summed E-state index contributed by atoms with van der Waals surface area (Å²) in [5.41, 5.74) is 6.29. The molecule has 1 aliphatic heterocycles. The molecule has 3 nitrogen and oxygen atoms in total. The predicted octanol–water partition coefficient (Wildman–Crippen LogP) is 5.36. The lowest BCUT2D eigenvalue weighted by atomic mass is 9.84. The first kappa shape index (κ1) is 17.1. The molecular weight excluding hydrogens is 362 g/mol. The minimum atomic E-state index is -0.00846. The van der Waals surface area contributed by atoms with Crippen molar-refractivity contribution in [2.24, 2.45) is 0 Å². The Balaban J connectivity index is 1.58. The molecule has 0 N–H and O–H groups in total. The summed E-state index contributed by atoms with van der Waals surface area (Å²) in [5.74, 6) is 0. The highest BCUT2D eigenvalue weighted by molar-refractivity contribution is 7.22. The summed E-state index contributed by atoms with van der Waals surface area (Å²) in [7, 11) is 2.15. The minimum Gasteiger partial charge on any atom is -0.347 e. The number of thiazole rings is 1. The van der Waals surface area contributed by atoms with E-state index in [4.69, 9.17) is 0 Å². The minimum absolute atomic E-state index is 0.00846. The fourth-order valence-electron chi connectivity index (χ4n) is 4.23. The van der Waals surface area contributed by atoms with Gasteiger partial charge < -0.3 is 4.90 Å². The predicted molar refractivity (Wildman–Crippen MR) is 118 cm³/mol. The zero-order valence-corrected chi connectivity index (χ0v) is 17.1. The highest BCUT2D eigenvalue weighted by Crippen LogP contribution is 2.46. The van der Waals surface area contributed by atoms with Gasteiger partial charge in [-0.2, -0.15) is 4.40 Å². The third kappa shape index (κ3) is 2.49. The van der Waals surface area contributed by atoms with E-state index in [-0.39, 0.29) is 5.41 Å². The summed E-state index contributed by atoms with van der Waals surface area (Å²) in [6.07, 6.45) is 8.46. The average Bonchev–Trinajstić information content (AvgIpc) is 3.17. The van der Waals surface area contributed by atoms with Crippen molar-refractivity contribution < 1.29 is 4.40 Å². The molecule has 0 saturated heterocycles. The molecule has 0 aliphatic carbocycles. The van der Waals surface area contributed by atoms with E-state index in [0.717, 1.165) is 10.7 Å². The number of benzene rings is 2. The summed E-state index contributed by atoms with van der Waals surface area (Å²) in [6, 6.07) is 19.2. The zero-order valence-electron chi connectivity index (χ0n) is 16.3. The van der Waals surface area contributed by atoms with Crippen molar-refractivity contribution >= 4 is 38.3 Å². The lowest BCUT2D eigenvalue weighted by Gasteiger charge is -2.23. The number of aromatic nitrogens is 2. The maximum absolute atomic E-state index is 4.55. The lowest BCUT2D eigenvalue weighted by molar-refractivity contribution is -0.482. The fourth-order valence-corrected chi connectivity index (χ4v) is 5.25. The second-order valence-corrected chi connectivity index (χ2v) is 8.68. The summed E-state index contributed by atoms with van der Waals surface area (Å²) in [4.78, 5) is 7.87. The third-order valence-electron chi connectivity index (χ3n) is 5.65. The SMILES string of the molecule is CN1/C(=C\C=C\c2ccnc3sc4ccccc4[n+]23)C(C)(C)c2ccccc21. The van der Waals surface area contributed by atoms with Crippen LogP contribution in [0.1, 0.15) is 25.1 Å². The Morgan fingerprint density at radius 3 is 2.68 bits per heavy atom. The maximum atomic E-state index is 4.55. The van der Waals surface area contributed by atoms with Gasteiger partial charge in [0.1, 0.15) is 11.9 Å². The van der Waals surface area contributed by atoms with Gasteiger partial charge in [-0.3, -0.25) is 0 Å². The van der Waals surface area contributed by atoms with Gasteiger partial charge in [-0.15, -0.1) is 0 Å². The van der Waals surface area contributed by atoms with E-state index in [2.05, 4.69) is 108 Å². The van der Waals surface area contributed by atoms with Gasteiger partial charge in [-0.05, 0) is 52.2 Å². The van der Waals surface area contributed by atoms with Crippen LogP contribution in [0.25, 0.3) is 21.3 Å². The van der Waals surface area contributed by atoms with Crippen molar-refractivity contribution in [2.75, 3.05) is 11.9 Å². The van der Waals surface area contributed by atoms with Crippen molar-refractivity contribution in [3.8, 4) is 0 Å². The molecule has 2 aromatic heterocycles. The quantitative estimate of drug-likeness (QED) is 0.434. The monoisotopic (exact) mass is 384 g/mol. The molecule has 3 heterocycles. The molecular formula is C24H22N3S+. The topological polar surface area (TPSA) is 20.2 Å². The van der Waals surface area contributed by atoms with E-state index in [1.165, 1.54) is 27.2 Å². The van der Waals surface area contributed by atoms with Gasteiger partial charge in [0, 0.05) is 29.9 Å². The van der Waals surface area contributed by atoms with E-state index in [0.29, 0.717) is 0 Å². The first-order chi connectivity index (χ1) is 13.6. The third-order valence-corrected chi connectivity index (χ3v) is 6.68. The number of likely N-dealkylation sites (N-methyl/N-ethyl adjacent to an activating group) is 1. The first-order valence-corrected chi connectivity index (χ1v) is 10.3. The van der Waals surface area contributed by atoms with Gasteiger partial charge in [-0.25, -0.2) is 0 Å². The molecule has 138 valence electrons. The van der Waals surface area contributed by atoms with Crippen molar-refractivity contribution in [3.63, 3.8) is 0 Å². The van der Waals surface area contributed by atoms with E-state index >= 15 is 0 Å². The van der Waals surface area contributed by atoms with Crippen LogP contribution in [0.2, 0.25) is 0 Å². The smallest absolute Gasteiger partial charge is 0.347 e. The standard InChI is InChI=1S/C24H22N3S/c1-24(2)18-10-4-5-11-19(18)26(3)22(24)14-8-9-17-15-16-25-23-27(17)20-12-6-7-13-21(20)28-23/h4-16H,1-3H3/q+1. The molecule has 0 fully saturated rings. The summed E-state index contributed by atoms with van der Waals surface area (Å²) in [6.45, 7) is 4.58. The van der Waals surface area contributed by atoms with Crippen LogP contribution >= 0.6 is 11.3 Å². The van der Waals surface area contributed by atoms with Crippen LogP contribution in [0.5, 0.6) is 0 Å². The van der Waals surface area contributed by atoms with E-state index in [1.54, 1.807) is 11.3 Å². The van der Waals surface area contributed by atoms with Gasteiger partial charge in [0.2, 0.25) is 0 Å². The van der Waals surface area contributed by atoms with Gasteiger partial charge >= 0.3 is 4.96 Å². The summed E-state index contributed by atoms with van der Waals surface area (Å²) in [5, 5.41) is 0. The van der Waals surface area contributed by atoms with Crippen LogP contribution in [0.15, 0.2) is 78.6 Å². The Bertz CT molecular complexity index is 1260. The Hall–Kier alpha value is -2.98. The van der Waals surface area contributed by atoms with E-state index in [9.17, 15) is 0 Å². The number of fused-ring (bicyclic) bond motifs is 4. The zero-order chi connectivity index (χ0) is 19.3. The highest BCUT2D eigenvalue weighted by Gasteiger charge is 2.37. The molecule has 0 bridgehead atoms. The van der Waals surface area contributed by atoms with Crippen LogP contribution < -0.4 is 9.30 Å². The van der Waals surface area contributed by atoms with Crippen LogP contribution in [0.4, 0.5) is 5.69 Å². The first-order valence-electron chi connectivity index (χ1n) is 9.48. The largest absolute Gasteiger partial charge is 0.388 e. The van der Waals surface area contributed by atoms with Crippen molar-refractivity contribution in [1.29, 1.82) is 0 Å². The normalized spacial score (nSPS) is 17.2. The number of nitrogens with zero attached hydrogens (tertiary/aromatic N) is 3.